The van der Waals surface area contributed by atoms with Crippen LogP contribution in [0.2, 0.25) is 5.02 Å². The van der Waals surface area contributed by atoms with Gasteiger partial charge in [-0.2, -0.15) is 5.26 Å². The summed E-state index contributed by atoms with van der Waals surface area (Å²) >= 11 is 9.24. The van der Waals surface area contributed by atoms with Crippen LogP contribution < -0.4 is 5.73 Å². The third-order valence-electron chi connectivity index (χ3n) is 2.84. The molecule has 0 saturated heterocycles. The fourth-order valence-corrected chi connectivity index (χ4v) is 4.18. The summed E-state index contributed by atoms with van der Waals surface area (Å²) in [5, 5.41) is 9.02. The molecular formula is C14H10BrClN2O2S. The van der Waals surface area contributed by atoms with E-state index in [1.807, 2.05) is 6.07 Å². The second-order valence-corrected chi connectivity index (χ2v) is 7.64. The number of nitrogen functional groups attached to an aromatic ring is 1. The lowest BCUT2D eigenvalue weighted by Crippen LogP contribution is -2.08. The van der Waals surface area contributed by atoms with Crippen molar-refractivity contribution in [3.05, 3.63) is 57.0 Å². The molecule has 0 aliphatic rings. The molecule has 0 atom stereocenters. The van der Waals surface area contributed by atoms with Gasteiger partial charge in [0.1, 0.15) is 0 Å². The van der Waals surface area contributed by atoms with E-state index in [-0.39, 0.29) is 21.4 Å². The maximum atomic E-state index is 12.5. The summed E-state index contributed by atoms with van der Waals surface area (Å²) in [6.07, 6.45) is 0. The van der Waals surface area contributed by atoms with Gasteiger partial charge in [0.05, 0.1) is 28.0 Å². The Morgan fingerprint density at radius 2 is 1.95 bits per heavy atom. The minimum absolute atomic E-state index is 0.0531. The summed E-state index contributed by atoms with van der Waals surface area (Å²) in [6, 6.07) is 11.1. The van der Waals surface area contributed by atoms with E-state index in [0.29, 0.717) is 15.6 Å². The van der Waals surface area contributed by atoms with Crippen molar-refractivity contribution in [1.29, 1.82) is 5.26 Å². The number of rotatable bonds is 3. The summed E-state index contributed by atoms with van der Waals surface area (Å²) in [7, 11) is -3.63. The third kappa shape index (κ3) is 3.56. The first-order valence-corrected chi connectivity index (χ1v) is 8.62. The maximum absolute atomic E-state index is 12.5. The molecule has 0 unspecified atom stereocenters. The second-order valence-electron chi connectivity index (χ2n) is 4.36. The lowest BCUT2D eigenvalue weighted by atomic mass is 10.2. The molecule has 108 valence electrons. The molecular weight excluding hydrogens is 376 g/mol. The lowest BCUT2D eigenvalue weighted by molar-refractivity contribution is 0.595. The van der Waals surface area contributed by atoms with Gasteiger partial charge in [-0.1, -0.05) is 33.6 Å². The third-order valence-corrected chi connectivity index (χ3v) is 5.40. The van der Waals surface area contributed by atoms with Crippen molar-refractivity contribution in [2.75, 3.05) is 5.73 Å². The standard InChI is InChI=1S/C14H10BrClN2O2S/c15-11-3-4-13(18)14(6-11)21(19,20)8-10-2-1-9(7-17)5-12(10)16/h1-6H,8,18H2. The van der Waals surface area contributed by atoms with Gasteiger partial charge in [-0.25, -0.2) is 8.42 Å². The van der Waals surface area contributed by atoms with Crippen LogP contribution >= 0.6 is 27.5 Å². The molecule has 0 radical (unpaired) electrons. The summed E-state index contributed by atoms with van der Waals surface area (Å²) in [5.74, 6) is -0.280. The zero-order chi connectivity index (χ0) is 15.6. The predicted octanol–water partition coefficient (Wildman–Crippen LogP) is 3.53. The first-order valence-electron chi connectivity index (χ1n) is 5.80. The molecule has 0 bridgehead atoms. The van der Waals surface area contributed by atoms with Crippen LogP contribution in [-0.2, 0) is 15.6 Å². The quantitative estimate of drug-likeness (QED) is 0.819. The molecule has 2 N–H and O–H groups in total. The molecule has 0 amide bonds. The molecule has 0 fully saturated rings. The van der Waals surface area contributed by atoms with Crippen molar-refractivity contribution >= 4 is 43.1 Å². The van der Waals surface area contributed by atoms with Gasteiger partial charge in [-0.05, 0) is 35.9 Å². The van der Waals surface area contributed by atoms with E-state index >= 15 is 0 Å². The number of halogens is 2. The van der Waals surface area contributed by atoms with E-state index < -0.39 is 9.84 Å². The SMILES string of the molecule is N#Cc1ccc(CS(=O)(=O)c2cc(Br)ccc2N)c(Cl)c1. The van der Waals surface area contributed by atoms with Crippen molar-refractivity contribution in [2.24, 2.45) is 0 Å². The smallest absolute Gasteiger partial charge is 0.184 e. The average Bonchev–Trinajstić information content (AvgIpc) is 2.43. The molecule has 0 saturated carbocycles. The fraction of sp³-hybridized carbons (Fsp3) is 0.0714. The zero-order valence-electron chi connectivity index (χ0n) is 10.7. The van der Waals surface area contributed by atoms with Gasteiger partial charge in [-0.3, -0.25) is 0 Å². The predicted molar refractivity (Wildman–Crippen MR) is 85.6 cm³/mol. The second kappa shape index (κ2) is 6.06. The number of anilines is 1. The normalized spacial score (nSPS) is 11.1. The molecule has 0 heterocycles. The Kier molecular flexibility index (Phi) is 4.57. The Hall–Kier alpha value is -1.55. The number of hydrogen-bond acceptors (Lipinski definition) is 4. The van der Waals surface area contributed by atoms with E-state index in [1.165, 1.54) is 30.3 Å². The van der Waals surface area contributed by atoms with E-state index in [9.17, 15) is 8.42 Å². The molecule has 2 rings (SSSR count). The molecule has 21 heavy (non-hydrogen) atoms. The van der Waals surface area contributed by atoms with Crippen molar-refractivity contribution in [3.63, 3.8) is 0 Å². The average molecular weight is 386 g/mol. The van der Waals surface area contributed by atoms with Crippen LogP contribution in [0.4, 0.5) is 5.69 Å². The summed E-state index contributed by atoms with van der Waals surface area (Å²) < 4.78 is 25.5. The van der Waals surface area contributed by atoms with Crippen LogP contribution in [0, 0.1) is 11.3 Å². The molecule has 0 aliphatic carbocycles. The lowest BCUT2D eigenvalue weighted by Gasteiger charge is -2.09. The van der Waals surface area contributed by atoms with Gasteiger partial charge in [0.25, 0.3) is 0 Å². The summed E-state index contributed by atoms with van der Waals surface area (Å²) in [6.45, 7) is 0. The van der Waals surface area contributed by atoms with E-state index in [1.54, 1.807) is 6.07 Å². The van der Waals surface area contributed by atoms with Gasteiger partial charge < -0.3 is 5.73 Å². The van der Waals surface area contributed by atoms with Crippen LogP contribution in [0.15, 0.2) is 45.8 Å². The van der Waals surface area contributed by atoms with Crippen molar-refractivity contribution < 1.29 is 8.42 Å². The fourth-order valence-electron chi connectivity index (χ4n) is 1.79. The van der Waals surface area contributed by atoms with E-state index in [0.717, 1.165) is 0 Å². The Morgan fingerprint density at radius 3 is 2.57 bits per heavy atom. The van der Waals surface area contributed by atoms with Gasteiger partial charge in [0.2, 0.25) is 0 Å². The highest BCUT2D eigenvalue weighted by molar-refractivity contribution is 9.10. The van der Waals surface area contributed by atoms with Gasteiger partial charge in [0, 0.05) is 9.50 Å². The highest BCUT2D eigenvalue weighted by atomic mass is 79.9. The van der Waals surface area contributed by atoms with Crippen LogP contribution in [-0.4, -0.2) is 8.42 Å². The minimum atomic E-state index is -3.63. The first-order chi connectivity index (χ1) is 9.83. The van der Waals surface area contributed by atoms with Crippen molar-refractivity contribution in [2.45, 2.75) is 10.6 Å². The summed E-state index contributed by atoms with van der Waals surface area (Å²) in [5.41, 5.74) is 6.72. The molecule has 0 aliphatic heterocycles. The number of nitrogens with zero attached hydrogens (tertiary/aromatic N) is 1. The topological polar surface area (TPSA) is 84.0 Å². The zero-order valence-corrected chi connectivity index (χ0v) is 13.8. The largest absolute Gasteiger partial charge is 0.398 e. The Labute approximate surface area is 136 Å². The first kappa shape index (κ1) is 15.8. The monoisotopic (exact) mass is 384 g/mol. The Morgan fingerprint density at radius 1 is 1.24 bits per heavy atom. The molecule has 7 heteroatoms. The number of nitriles is 1. The van der Waals surface area contributed by atoms with Crippen LogP contribution in [0.3, 0.4) is 0 Å². The van der Waals surface area contributed by atoms with Crippen molar-refractivity contribution in [3.8, 4) is 6.07 Å². The molecule has 0 aromatic heterocycles. The van der Waals surface area contributed by atoms with Crippen LogP contribution in [0.5, 0.6) is 0 Å². The Bertz CT molecular complexity index is 845. The highest BCUT2D eigenvalue weighted by Gasteiger charge is 2.20. The van der Waals surface area contributed by atoms with Crippen LogP contribution in [0.25, 0.3) is 0 Å². The number of hydrogen-bond donors (Lipinski definition) is 1. The van der Waals surface area contributed by atoms with E-state index in [4.69, 9.17) is 22.6 Å². The molecule has 4 nitrogen and oxygen atoms in total. The van der Waals surface area contributed by atoms with E-state index in [2.05, 4.69) is 15.9 Å². The van der Waals surface area contributed by atoms with Crippen molar-refractivity contribution in [1.82, 2.24) is 0 Å². The summed E-state index contributed by atoms with van der Waals surface area (Å²) in [4.78, 5) is 0.0531. The van der Waals surface area contributed by atoms with Crippen LogP contribution in [0.1, 0.15) is 11.1 Å². The number of benzene rings is 2. The Balaban J connectivity index is 2.43. The van der Waals surface area contributed by atoms with Gasteiger partial charge in [-0.15, -0.1) is 0 Å². The van der Waals surface area contributed by atoms with Gasteiger partial charge >= 0.3 is 0 Å². The minimum Gasteiger partial charge on any atom is -0.398 e. The molecule has 2 aromatic carbocycles. The molecule has 2 aromatic rings. The number of sulfone groups is 1. The highest BCUT2D eigenvalue weighted by Crippen LogP contribution is 2.28. The van der Waals surface area contributed by atoms with Gasteiger partial charge in [0.15, 0.2) is 9.84 Å². The maximum Gasteiger partial charge on any atom is 0.184 e. The number of nitrogens with two attached hydrogens (primary N) is 1. The molecule has 0 spiro atoms.